The van der Waals surface area contributed by atoms with E-state index in [9.17, 15) is 4.79 Å². The Kier molecular flexibility index (Phi) is 3.07. The van der Waals surface area contributed by atoms with E-state index in [0.717, 1.165) is 9.35 Å². The number of fused-ring (bicyclic) bond motifs is 1. The molecule has 0 bridgehead atoms. The van der Waals surface area contributed by atoms with Gasteiger partial charge in [0, 0.05) is 19.4 Å². The molecule has 0 radical (unpaired) electrons. The minimum absolute atomic E-state index is 0.199. The Bertz CT molecular complexity index is 504. The van der Waals surface area contributed by atoms with Crippen molar-refractivity contribution < 1.29 is 9.90 Å². The molecule has 78 valence electrons. The Balaban J connectivity index is 2.31. The molecule has 0 amide bonds. The van der Waals surface area contributed by atoms with Crippen LogP contribution in [0.25, 0.3) is 10.1 Å². The van der Waals surface area contributed by atoms with Crippen molar-refractivity contribution >= 4 is 43.3 Å². The number of aliphatic carboxylic acids is 1. The van der Waals surface area contributed by atoms with Crippen LogP contribution in [-0.4, -0.2) is 11.1 Å². The molecule has 0 aliphatic heterocycles. The lowest BCUT2D eigenvalue weighted by Crippen LogP contribution is -1.95. The maximum absolute atomic E-state index is 10.5. The number of benzene rings is 1. The number of thiophene rings is 1. The summed E-state index contributed by atoms with van der Waals surface area (Å²) in [6, 6.07) is 8.10. The lowest BCUT2D eigenvalue weighted by molar-refractivity contribution is -0.136. The summed E-state index contributed by atoms with van der Waals surface area (Å²) in [5.41, 5.74) is 0. The van der Waals surface area contributed by atoms with Gasteiger partial charge in [-0.2, -0.15) is 0 Å². The molecule has 1 heterocycles. The molecule has 0 saturated heterocycles. The molecule has 0 unspecified atom stereocenters. The summed E-state index contributed by atoms with van der Waals surface area (Å²) in [5.74, 6) is -0.744. The van der Waals surface area contributed by atoms with Crippen molar-refractivity contribution in [2.45, 2.75) is 12.8 Å². The van der Waals surface area contributed by atoms with E-state index in [1.54, 1.807) is 11.3 Å². The predicted octanol–water partition coefficient (Wildman–Crippen LogP) is 3.68. The topological polar surface area (TPSA) is 37.3 Å². The predicted molar refractivity (Wildman–Crippen MR) is 65.5 cm³/mol. The van der Waals surface area contributed by atoms with Gasteiger partial charge in [-0.3, -0.25) is 4.79 Å². The number of aryl methyl sites for hydroxylation is 1. The maximum atomic E-state index is 10.5. The molecule has 0 spiro atoms. The maximum Gasteiger partial charge on any atom is 0.303 e. The van der Waals surface area contributed by atoms with E-state index < -0.39 is 5.97 Å². The Morgan fingerprint density at radius 2 is 2.27 bits per heavy atom. The van der Waals surface area contributed by atoms with Crippen molar-refractivity contribution in [2.24, 2.45) is 0 Å². The first-order valence-electron chi connectivity index (χ1n) is 4.55. The van der Waals surface area contributed by atoms with Gasteiger partial charge >= 0.3 is 5.97 Å². The number of rotatable bonds is 3. The number of carboxylic acid groups (broad SMARTS) is 1. The van der Waals surface area contributed by atoms with Crippen molar-refractivity contribution in [3.63, 3.8) is 0 Å². The number of hydrogen-bond donors (Lipinski definition) is 1. The van der Waals surface area contributed by atoms with E-state index in [1.807, 2.05) is 12.1 Å². The molecule has 1 N–H and O–H groups in total. The standard InChI is InChI=1S/C11H9BrO2S/c12-9-2-1-3-10-8(9)6-7(15-10)4-5-11(13)14/h1-3,6H,4-5H2,(H,13,14). The average molecular weight is 285 g/mol. The molecule has 15 heavy (non-hydrogen) atoms. The zero-order chi connectivity index (χ0) is 10.8. The van der Waals surface area contributed by atoms with Gasteiger partial charge in [0.25, 0.3) is 0 Å². The lowest BCUT2D eigenvalue weighted by atomic mass is 10.2. The Labute approximate surface area is 99.7 Å². The quantitative estimate of drug-likeness (QED) is 0.934. The van der Waals surface area contributed by atoms with Crippen LogP contribution in [0.2, 0.25) is 0 Å². The Hall–Kier alpha value is -0.870. The first-order valence-corrected chi connectivity index (χ1v) is 6.16. The minimum atomic E-state index is -0.744. The van der Waals surface area contributed by atoms with Gasteiger partial charge in [0.2, 0.25) is 0 Å². The van der Waals surface area contributed by atoms with Crippen LogP contribution in [0.5, 0.6) is 0 Å². The summed E-state index contributed by atoms with van der Waals surface area (Å²) in [6.07, 6.45) is 0.811. The highest BCUT2D eigenvalue weighted by atomic mass is 79.9. The third kappa shape index (κ3) is 2.38. The fraction of sp³-hybridized carbons (Fsp3) is 0.182. The van der Waals surface area contributed by atoms with Gasteiger partial charge in [-0.05, 0) is 24.6 Å². The zero-order valence-electron chi connectivity index (χ0n) is 7.87. The second-order valence-electron chi connectivity index (χ2n) is 3.26. The van der Waals surface area contributed by atoms with E-state index in [2.05, 4.69) is 28.1 Å². The van der Waals surface area contributed by atoms with Crippen LogP contribution in [0.3, 0.4) is 0 Å². The van der Waals surface area contributed by atoms with Crippen LogP contribution < -0.4 is 0 Å². The number of halogens is 1. The van der Waals surface area contributed by atoms with E-state index in [1.165, 1.54) is 10.1 Å². The first kappa shape index (κ1) is 10.6. The third-order valence-electron chi connectivity index (χ3n) is 2.14. The van der Waals surface area contributed by atoms with Gasteiger partial charge in [0.05, 0.1) is 6.42 Å². The molecule has 0 fully saturated rings. The lowest BCUT2D eigenvalue weighted by Gasteiger charge is -1.90. The summed E-state index contributed by atoms with van der Waals surface area (Å²) < 4.78 is 2.27. The molecule has 0 aliphatic rings. The fourth-order valence-corrected chi connectivity index (χ4v) is 3.13. The third-order valence-corrected chi connectivity index (χ3v) is 4.00. The van der Waals surface area contributed by atoms with E-state index in [-0.39, 0.29) is 6.42 Å². The molecule has 0 atom stereocenters. The molecule has 2 nitrogen and oxygen atoms in total. The molecule has 0 aliphatic carbocycles. The summed E-state index contributed by atoms with van der Waals surface area (Å²) in [4.78, 5) is 11.6. The first-order chi connectivity index (χ1) is 7.16. The second kappa shape index (κ2) is 4.33. The van der Waals surface area contributed by atoms with E-state index in [4.69, 9.17) is 5.11 Å². The normalized spacial score (nSPS) is 10.7. The summed E-state index contributed by atoms with van der Waals surface area (Å²) in [6.45, 7) is 0. The van der Waals surface area contributed by atoms with Gasteiger partial charge in [-0.25, -0.2) is 0 Å². The van der Waals surface area contributed by atoms with Crippen molar-refractivity contribution in [3.05, 3.63) is 33.6 Å². The van der Waals surface area contributed by atoms with Crippen molar-refractivity contribution in [1.82, 2.24) is 0 Å². The number of carbonyl (C=O) groups is 1. The molecule has 2 aromatic rings. The second-order valence-corrected chi connectivity index (χ2v) is 5.28. The molecule has 1 aromatic carbocycles. The summed E-state index contributed by atoms with van der Waals surface area (Å²) >= 11 is 5.14. The minimum Gasteiger partial charge on any atom is -0.481 e. The Morgan fingerprint density at radius 3 is 2.93 bits per heavy atom. The largest absolute Gasteiger partial charge is 0.481 e. The SMILES string of the molecule is O=C(O)CCc1cc2c(Br)cccc2s1. The average Bonchev–Trinajstić information content (AvgIpc) is 2.59. The Morgan fingerprint density at radius 1 is 1.47 bits per heavy atom. The van der Waals surface area contributed by atoms with Gasteiger partial charge < -0.3 is 5.11 Å². The molecule has 2 rings (SSSR count). The highest BCUT2D eigenvalue weighted by Crippen LogP contribution is 2.31. The van der Waals surface area contributed by atoms with Gasteiger partial charge in [0.1, 0.15) is 0 Å². The molecule has 1 aromatic heterocycles. The monoisotopic (exact) mass is 284 g/mol. The molecule has 0 saturated carbocycles. The zero-order valence-corrected chi connectivity index (χ0v) is 10.3. The number of hydrogen-bond acceptors (Lipinski definition) is 2. The van der Waals surface area contributed by atoms with Crippen molar-refractivity contribution in [3.8, 4) is 0 Å². The van der Waals surface area contributed by atoms with Crippen LogP contribution in [0.15, 0.2) is 28.7 Å². The molecule has 4 heteroatoms. The summed E-state index contributed by atoms with van der Waals surface area (Å²) in [5, 5.41) is 9.77. The highest BCUT2D eigenvalue weighted by Gasteiger charge is 2.06. The van der Waals surface area contributed by atoms with Crippen LogP contribution >= 0.6 is 27.3 Å². The summed E-state index contributed by atoms with van der Waals surface area (Å²) in [7, 11) is 0. The van der Waals surface area contributed by atoms with Crippen LogP contribution in [-0.2, 0) is 11.2 Å². The molecular formula is C11H9BrO2S. The highest BCUT2D eigenvalue weighted by molar-refractivity contribution is 9.10. The van der Waals surface area contributed by atoms with Crippen molar-refractivity contribution in [2.75, 3.05) is 0 Å². The van der Waals surface area contributed by atoms with Crippen molar-refractivity contribution in [1.29, 1.82) is 0 Å². The van der Waals surface area contributed by atoms with Gasteiger partial charge in [-0.15, -0.1) is 11.3 Å². The van der Waals surface area contributed by atoms with E-state index in [0.29, 0.717) is 6.42 Å². The fourth-order valence-electron chi connectivity index (χ4n) is 1.43. The van der Waals surface area contributed by atoms with Gasteiger partial charge in [-0.1, -0.05) is 22.0 Å². The number of carboxylic acids is 1. The molecular weight excluding hydrogens is 276 g/mol. The van der Waals surface area contributed by atoms with E-state index >= 15 is 0 Å². The van der Waals surface area contributed by atoms with Crippen LogP contribution in [0, 0.1) is 0 Å². The van der Waals surface area contributed by atoms with Gasteiger partial charge in [0.15, 0.2) is 0 Å². The van der Waals surface area contributed by atoms with Crippen LogP contribution in [0.1, 0.15) is 11.3 Å². The smallest absolute Gasteiger partial charge is 0.303 e. The van der Waals surface area contributed by atoms with Crippen LogP contribution in [0.4, 0.5) is 0 Å².